The van der Waals surface area contributed by atoms with Gasteiger partial charge in [0, 0.05) is 18.7 Å². The summed E-state index contributed by atoms with van der Waals surface area (Å²) in [5, 5.41) is 4.47. The van der Waals surface area contributed by atoms with E-state index in [2.05, 4.69) is 62.5 Å². The molecule has 0 radical (unpaired) electrons. The van der Waals surface area contributed by atoms with Gasteiger partial charge in [0.15, 0.2) is 0 Å². The predicted molar refractivity (Wildman–Crippen MR) is 132 cm³/mol. The number of rotatable bonds is 5. The summed E-state index contributed by atoms with van der Waals surface area (Å²) in [6.45, 7) is 6.75. The number of unbranched alkanes of at least 4 members (excludes halogenated alkanes) is 1. The molecule has 0 amide bonds. The van der Waals surface area contributed by atoms with E-state index in [1.165, 1.54) is 42.4 Å². The van der Waals surface area contributed by atoms with Crippen LogP contribution in [0.4, 0.5) is 0 Å². The number of amidine groups is 1. The van der Waals surface area contributed by atoms with Gasteiger partial charge in [-0.3, -0.25) is 0 Å². The van der Waals surface area contributed by atoms with E-state index in [1.807, 2.05) is 6.20 Å². The van der Waals surface area contributed by atoms with Gasteiger partial charge < -0.3 is 5.32 Å². The molecule has 0 unspecified atom stereocenters. The first-order valence-electron chi connectivity index (χ1n) is 11.7. The van der Waals surface area contributed by atoms with Crippen molar-refractivity contribution in [3.8, 4) is 0 Å². The van der Waals surface area contributed by atoms with Crippen LogP contribution < -0.4 is 5.32 Å². The summed E-state index contributed by atoms with van der Waals surface area (Å²) < 4.78 is 0. The topological polar surface area (TPSA) is 24.4 Å². The fourth-order valence-electron chi connectivity index (χ4n) is 4.56. The first kappa shape index (κ1) is 22.9. The molecule has 1 aromatic carbocycles. The van der Waals surface area contributed by atoms with Gasteiger partial charge in [-0.2, -0.15) is 0 Å². The van der Waals surface area contributed by atoms with Crippen LogP contribution in [0.15, 0.2) is 58.2 Å². The van der Waals surface area contributed by atoms with E-state index in [0.29, 0.717) is 6.04 Å². The Bertz CT molecular complexity index is 831. The maximum Gasteiger partial charge on any atom is 0.102 e. The van der Waals surface area contributed by atoms with Crippen molar-refractivity contribution in [2.75, 3.05) is 0 Å². The molecule has 1 heterocycles. The van der Waals surface area contributed by atoms with Crippen molar-refractivity contribution in [3.05, 3.63) is 64.3 Å². The highest BCUT2D eigenvalue weighted by molar-refractivity contribution is 6.33. The van der Waals surface area contributed by atoms with E-state index >= 15 is 0 Å². The molecule has 1 fully saturated rings. The summed E-state index contributed by atoms with van der Waals surface area (Å²) in [6, 6.07) is 9.14. The fraction of sp³-hybridized carbons (Fsp3) is 0.519. The Labute approximate surface area is 188 Å². The van der Waals surface area contributed by atoms with Crippen LogP contribution in [0, 0.1) is 12.8 Å². The molecule has 1 aromatic rings. The van der Waals surface area contributed by atoms with Crippen molar-refractivity contribution in [2.24, 2.45) is 10.9 Å². The molecular weight excluding hydrogens is 388 g/mol. The molecule has 3 heteroatoms. The largest absolute Gasteiger partial charge is 0.371 e. The molecule has 1 aliphatic carbocycles. The molecule has 1 saturated carbocycles. The molecule has 0 bridgehead atoms. The normalized spacial score (nSPS) is 26.9. The zero-order chi connectivity index (χ0) is 21.3. The third-order valence-corrected chi connectivity index (χ3v) is 6.53. The van der Waals surface area contributed by atoms with Crippen molar-refractivity contribution in [1.29, 1.82) is 0 Å². The van der Waals surface area contributed by atoms with Gasteiger partial charge in [0.2, 0.25) is 0 Å². The van der Waals surface area contributed by atoms with E-state index in [9.17, 15) is 0 Å². The first-order chi connectivity index (χ1) is 14.6. The van der Waals surface area contributed by atoms with Crippen LogP contribution in [0.25, 0.3) is 5.57 Å². The molecular formula is C27H37ClN2. The number of nitrogens with one attached hydrogen (secondary N) is 1. The molecule has 0 saturated heterocycles. The first-order valence-corrected chi connectivity index (χ1v) is 12.1. The van der Waals surface area contributed by atoms with Crippen molar-refractivity contribution >= 4 is 23.0 Å². The molecule has 2 atom stereocenters. The van der Waals surface area contributed by atoms with Gasteiger partial charge in [0.1, 0.15) is 5.84 Å². The summed E-state index contributed by atoms with van der Waals surface area (Å²) in [7, 11) is 0. The molecule has 3 rings (SSSR count). The highest BCUT2D eigenvalue weighted by Gasteiger charge is 2.20. The van der Waals surface area contributed by atoms with Crippen molar-refractivity contribution < 1.29 is 0 Å². The van der Waals surface area contributed by atoms with Crippen LogP contribution in [0.5, 0.6) is 0 Å². The zero-order valence-electron chi connectivity index (χ0n) is 18.9. The molecule has 2 aliphatic rings. The summed E-state index contributed by atoms with van der Waals surface area (Å²) in [5.41, 5.74) is 4.91. The fourth-order valence-corrected chi connectivity index (χ4v) is 4.79. The van der Waals surface area contributed by atoms with E-state index in [4.69, 9.17) is 16.6 Å². The standard InChI is InChI=1S/C27H37ClN2/c1-4-5-14-24(23-15-7-6-12-21(23)3)25-16-8-9-17-27(29-19-26(25)28)30-22-13-10-11-20(2)18-22/h6-7,12,14-16,19-20,22H,4-5,8-11,13,17-18H2,1-3H3,(H,29,30)/b24-14+,25-16?,26-19+/t20-,22+/m0/s1. The minimum absolute atomic E-state index is 0.555. The monoisotopic (exact) mass is 424 g/mol. The Kier molecular flexibility index (Phi) is 8.81. The Hall–Kier alpha value is -1.80. The second-order valence-corrected chi connectivity index (χ2v) is 9.30. The Morgan fingerprint density at radius 1 is 1.23 bits per heavy atom. The second kappa shape index (κ2) is 11.6. The van der Waals surface area contributed by atoms with E-state index in [-0.39, 0.29) is 0 Å². The molecule has 0 aromatic heterocycles. The number of aliphatic imine (C=N–C) groups is 1. The summed E-state index contributed by atoms with van der Waals surface area (Å²) in [6.07, 6.45) is 16.9. The third-order valence-electron chi connectivity index (χ3n) is 6.23. The molecule has 1 aliphatic heterocycles. The molecule has 162 valence electrons. The number of allylic oxidation sites excluding steroid dienone is 5. The van der Waals surface area contributed by atoms with Crippen LogP contribution >= 0.6 is 11.6 Å². The zero-order valence-corrected chi connectivity index (χ0v) is 19.6. The maximum atomic E-state index is 6.86. The summed E-state index contributed by atoms with van der Waals surface area (Å²) >= 11 is 6.86. The molecule has 2 nitrogen and oxygen atoms in total. The predicted octanol–water partition coefficient (Wildman–Crippen LogP) is 7.94. The van der Waals surface area contributed by atoms with E-state index in [0.717, 1.165) is 54.5 Å². The number of nitrogens with zero attached hydrogens (tertiary/aromatic N) is 1. The second-order valence-electron chi connectivity index (χ2n) is 8.90. The number of hydrogen-bond acceptors (Lipinski definition) is 2. The number of halogens is 1. The maximum absolute atomic E-state index is 6.86. The number of benzene rings is 1. The molecule has 1 N–H and O–H groups in total. The molecule has 0 spiro atoms. The number of hydrogen-bond donors (Lipinski definition) is 1. The SMILES string of the molecule is CCC/C=C(/C1=CCCC/C(N[C@@H]2CCC[C@H](C)C2)=N\C=C/1Cl)c1ccccc1C. The quantitative estimate of drug-likeness (QED) is 0.509. The van der Waals surface area contributed by atoms with Gasteiger partial charge in [-0.05, 0) is 67.2 Å². The van der Waals surface area contributed by atoms with Gasteiger partial charge >= 0.3 is 0 Å². The van der Waals surface area contributed by atoms with Crippen LogP contribution in [0.1, 0.15) is 82.8 Å². The van der Waals surface area contributed by atoms with Gasteiger partial charge in [-0.15, -0.1) is 0 Å². The van der Waals surface area contributed by atoms with Crippen molar-refractivity contribution in [2.45, 2.75) is 84.6 Å². The lowest BCUT2D eigenvalue weighted by Gasteiger charge is -2.28. The van der Waals surface area contributed by atoms with Crippen molar-refractivity contribution in [3.63, 3.8) is 0 Å². The number of aryl methyl sites for hydroxylation is 1. The van der Waals surface area contributed by atoms with Gasteiger partial charge in [-0.25, -0.2) is 4.99 Å². The Morgan fingerprint density at radius 3 is 2.83 bits per heavy atom. The minimum atomic E-state index is 0.555. The highest BCUT2D eigenvalue weighted by Crippen LogP contribution is 2.34. The van der Waals surface area contributed by atoms with Crippen LogP contribution in [0.3, 0.4) is 0 Å². The smallest absolute Gasteiger partial charge is 0.102 e. The van der Waals surface area contributed by atoms with Gasteiger partial charge in [0.05, 0.1) is 5.03 Å². The Balaban J connectivity index is 1.86. The lowest BCUT2D eigenvalue weighted by atomic mass is 9.87. The summed E-state index contributed by atoms with van der Waals surface area (Å²) in [5.74, 6) is 1.90. The van der Waals surface area contributed by atoms with E-state index < -0.39 is 0 Å². The van der Waals surface area contributed by atoms with Crippen LogP contribution in [-0.2, 0) is 0 Å². The van der Waals surface area contributed by atoms with E-state index in [1.54, 1.807) is 0 Å². The molecule has 30 heavy (non-hydrogen) atoms. The summed E-state index contributed by atoms with van der Waals surface area (Å²) in [4.78, 5) is 4.82. The van der Waals surface area contributed by atoms with Crippen molar-refractivity contribution in [1.82, 2.24) is 5.32 Å². The van der Waals surface area contributed by atoms with Crippen LogP contribution in [0.2, 0.25) is 0 Å². The van der Waals surface area contributed by atoms with Crippen LogP contribution in [-0.4, -0.2) is 11.9 Å². The average Bonchev–Trinajstić information content (AvgIpc) is 2.81. The van der Waals surface area contributed by atoms with Gasteiger partial charge in [0.25, 0.3) is 0 Å². The van der Waals surface area contributed by atoms with Gasteiger partial charge in [-0.1, -0.05) is 81.1 Å². The Morgan fingerprint density at radius 2 is 2.07 bits per heavy atom. The minimum Gasteiger partial charge on any atom is -0.371 e. The lowest BCUT2D eigenvalue weighted by Crippen LogP contribution is -2.37. The highest BCUT2D eigenvalue weighted by atomic mass is 35.5. The third kappa shape index (κ3) is 6.35. The average molecular weight is 425 g/mol. The lowest BCUT2D eigenvalue weighted by molar-refractivity contribution is 0.325.